The van der Waals surface area contributed by atoms with Gasteiger partial charge < -0.3 is 5.11 Å². The Morgan fingerprint density at radius 2 is 1.67 bits per heavy atom. The fourth-order valence-electron chi connectivity index (χ4n) is 1.66. The molecule has 0 aliphatic heterocycles. The van der Waals surface area contributed by atoms with Gasteiger partial charge in [0.15, 0.2) is 5.78 Å². The lowest BCUT2D eigenvalue weighted by atomic mass is 10.0. The van der Waals surface area contributed by atoms with Gasteiger partial charge in [0.1, 0.15) is 0 Å². The molecule has 1 aromatic rings. The van der Waals surface area contributed by atoms with Crippen LogP contribution in [-0.4, -0.2) is 16.9 Å². The first kappa shape index (κ1) is 14.2. The molecule has 3 nitrogen and oxygen atoms in total. The van der Waals surface area contributed by atoms with Gasteiger partial charge >= 0.3 is 5.97 Å². The number of carbonyl (C=O) groups is 2. The van der Waals surface area contributed by atoms with E-state index in [1.54, 1.807) is 30.3 Å². The van der Waals surface area contributed by atoms with Crippen molar-refractivity contribution in [1.82, 2.24) is 0 Å². The molecule has 0 aliphatic carbocycles. The molecule has 96 valence electrons. The van der Waals surface area contributed by atoms with Crippen molar-refractivity contribution in [3.05, 3.63) is 41.5 Å². The number of rotatable bonds is 5. The molecule has 0 aliphatic rings. The zero-order valence-corrected chi connectivity index (χ0v) is 10.9. The predicted molar refractivity (Wildman–Crippen MR) is 71.5 cm³/mol. The van der Waals surface area contributed by atoms with Crippen LogP contribution >= 0.6 is 0 Å². The van der Waals surface area contributed by atoms with E-state index in [1.807, 2.05) is 20.8 Å². The second kappa shape index (κ2) is 6.15. The van der Waals surface area contributed by atoms with Crippen LogP contribution in [0.1, 0.15) is 43.1 Å². The van der Waals surface area contributed by atoms with Crippen LogP contribution in [0.15, 0.2) is 30.3 Å². The zero-order chi connectivity index (χ0) is 13.7. The summed E-state index contributed by atoms with van der Waals surface area (Å²) in [6.45, 7) is 5.86. The first-order valence-corrected chi connectivity index (χ1v) is 5.95. The number of allylic oxidation sites excluding steroid dienone is 2. The number of aromatic carboxylic acids is 1. The molecular weight excluding hydrogens is 228 g/mol. The summed E-state index contributed by atoms with van der Waals surface area (Å²) in [4.78, 5) is 22.4. The van der Waals surface area contributed by atoms with Gasteiger partial charge in [0.2, 0.25) is 0 Å². The van der Waals surface area contributed by atoms with Gasteiger partial charge in [-0.3, -0.25) is 4.79 Å². The van der Waals surface area contributed by atoms with E-state index in [0.29, 0.717) is 12.3 Å². The third kappa shape index (κ3) is 4.17. The Balaban J connectivity index is 2.83. The summed E-state index contributed by atoms with van der Waals surface area (Å²) < 4.78 is 0. The van der Waals surface area contributed by atoms with Crippen molar-refractivity contribution in [1.29, 1.82) is 0 Å². The monoisotopic (exact) mass is 246 g/mol. The lowest BCUT2D eigenvalue weighted by molar-refractivity contribution is -0.115. The number of carbonyl (C=O) groups excluding carboxylic acids is 1. The van der Waals surface area contributed by atoms with Crippen LogP contribution in [0.25, 0.3) is 5.57 Å². The summed E-state index contributed by atoms with van der Waals surface area (Å²) in [6.07, 6.45) is 2.15. The largest absolute Gasteiger partial charge is 0.478 e. The predicted octanol–water partition coefficient (Wildman–Crippen LogP) is 3.40. The first-order chi connectivity index (χ1) is 8.40. The number of hydrogen-bond donors (Lipinski definition) is 1. The number of carboxylic acid groups (broad SMARTS) is 1. The number of hydrogen-bond acceptors (Lipinski definition) is 2. The third-order valence-electron chi connectivity index (χ3n) is 2.57. The van der Waals surface area contributed by atoms with Crippen molar-refractivity contribution >= 4 is 17.3 Å². The van der Waals surface area contributed by atoms with Crippen molar-refractivity contribution in [2.75, 3.05) is 0 Å². The Morgan fingerprint density at radius 3 is 2.11 bits per heavy atom. The number of benzene rings is 1. The number of ketones is 1. The van der Waals surface area contributed by atoms with E-state index in [4.69, 9.17) is 5.11 Å². The van der Waals surface area contributed by atoms with Crippen LogP contribution in [0.2, 0.25) is 0 Å². The lowest BCUT2D eigenvalue weighted by Gasteiger charge is -2.04. The maximum atomic E-state index is 11.6. The normalized spacial score (nSPS) is 11.7. The molecular formula is C15H18O3. The number of carboxylic acids is 1. The van der Waals surface area contributed by atoms with E-state index < -0.39 is 5.97 Å². The van der Waals surface area contributed by atoms with E-state index in [-0.39, 0.29) is 11.3 Å². The van der Waals surface area contributed by atoms with Crippen molar-refractivity contribution in [2.24, 2.45) is 5.92 Å². The summed E-state index contributed by atoms with van der Waals surface area (Å²) >= 11 is 0. The minimum atomic E-state index is -0.945. The minimum absolute atomic E-state index is 0.102. The van der Waals surface area contributed by atoms with Gasteiger partial charge in [0.25, 0.3) is 0 Å². The average molecular weight is 246 g/mol. The molecule has 0 radical (unpaired) electrons. The Morgan fingerprint density at radius 1 is 1.17 bits per heavy atom. The van der Waals surface area contributed by atoms with E-state index >= 15 is 0 Å². The Bertz CT molecular complexity index is 467. The Labute approximate surface area is 107 Å². The average Bonchev–Trinajstić information content (AvgIpc) is 2.27. The summed E-state index contributed by atoms with van der Waals surface area (Å²) in [5, 5.41) is 8.79. The third-order valence-corrected chi connectivity index (χ3v) is 2.57. The molecule has 0 atom stereocenters. The maximum absolute atomic E-state index is 11.6. The summed E-state index contributed by atoms with van der Waals surface area (Å²) in [7, 11) is 0. The summed E-state index contributed by atoms with van der Waals surface area (Å²) in [5.41, 5.74) is 1.98. The molecule has 0 heterocycles. The van der Waals surface area contributed by atoms with Crippen LogP contribution in [-0.2, 0) is 4.79 Å². The smallest absolute Gasteiger partial charge is 0.335 e. The van der Waals surface area contributed by atoms with E-state index in [0.717, 1.165) is 11.1 Å². The van der Waals surface area contributed by atoms with Gasteiger partial charge in [-0.1, -0.05) is 26.0 Å². The SMILES string of the molecule is C/C(=C\C(=O)CC(C)C)c1ccc(C(=O)O)cc1. The molecule has 1 rings (SSSR count). The van der Waals surface area contributed by atoms with Gasteiger partial charge in [-0.15, -0.1) is 0 Å². The molecule has 0 unspecified atom stereocenters. The van der Waals surface area contributed by atoms with Crippen LogP contribution in [0.5, 0.6) is 0 Å². The molecule has 1 aromatic carbocycles. The first-order valence-electron chi connectivity index (χ1n) is 5.95. The van der Waals surface area contributed by atoms with Gasteiger partial charge in [-0.05, 0) is 42.2 Å². The highest BCUT2D eigenvalue weighted by Crippen LogP contribution is 2.15. The molecule has 0 bridgehead atoms. The summed E-state index contributed by atoms with van der Waals surface area (Å²) in [5.74, 6) is -0.500. The Hall–Kier alpha value is -1.90. The van der Waals surface area contributed by atoms with Crippen molar-refractivity contribution < 1.29 is 14.7 Å². The van der Waals surface area contributed by atoms with Crippen molar-refractivity contribution in [2.45, 2.75) is 27.2 Å². The molecule has 18 heavy (non-hydrogen) atoms. The van der Waals surface area contributed by atoms with Crippen molar-refractivity contribution in [3.8, 4) is 0 Å². The highest BCUT2D eigenvalue weighted by atomic mass is 16.4. The standard InChI is InChI=1S/C15H18O3/c1-10(2)8-14(16)9-11(3)12-4-6-13(7-5-12)15(17)18/h4-7,9-10H,8H2,1-3H3,(H,17,18)/b11-9+. The molecule has 0 saturated heterocycles. The second-order valence-corrected chi connectivity index (χ2v) is 4.77. The maximum Gasteiger partial charge on any atom is 0.335 e. The van der Waals surface area contributed by atoms with Crippen LogP contribution in [0.3, 0.4) is 0 Å². The van der Waals surface area contributed by atoms with E-state index in [9.17, 15) is 9.59 Å². The van der Waals surface area contributed by atoms with E-state index in [1.165, 1.54) is 0 Å². The van der Waals surface area contributed by atoms with Crippen LogP contribution in [0.4, 0.5) is 0 Å². The van der Waals surface area contributed by atoms with Crippen LogP contribution in [0, 0.1) is 5.92 Å². The fraction of sp³-hybridized carbons (Fsp3) is 0.333. The molecule has 0 fully saturated rings. The quantitative estimate of drug-likeness (QED) is 0.810. The minimum Gasteiger partial charge on any atom is -0.478 e. The Kier molecular flexibility index (Phi) is 4.84. The van der Waals surface area contributed by atoms with Crippen molar-refractivity contribution in [3.63, 3.8) is 0 Å². The fourth-order valence-corrected chi connectivity index (χ4v) is 1.66. The highest BCUT2D eigenvalue weighted by Gasteiger charge is 2.05. The highest BCUT2D eigenvalue weighted by molar-refractivity contribution is 5.96. The van der Waals surface area contributed by atoms with Gasteiger partial charge in [-0.2, -0.15) is 0 Å². The molecule has 0 amide bonds. The molecule has 0 spiro atoms. The lowest BCUT2D eigenvalue weighted by Crippen LogP contribution is -2.00. The molecule has 1 N–H and O–H groups in total. The summed E-state index contributed by atoms with van der Waals surface area (Å²) in [6, 6.07) is 6.53. The van der Waals surface area contributed by atoms with Gasteiger partial charge in [0, 0.05) is 6.42 Å². The van der Waals surface area contributed by atoms with E-state index in [2.05, 4.69) is 0 Å². The second-order valence-electron chi connectivity index (χ2n) is 4.77. The molecule has 0 saturated carbocycles. The topological polar surface area (TPSA) is 54.4 Å². The van der Waals surface area contributed by atoms with Gasteiger partial charge in [-0.25, -0.2) is 4.79 Å². The van der Waals surface area contributed by atoms with Crippen LogP contribution < -0.4 is 0 Å². The van der Waals surface area contributed by atoms with Gasteiger partial charge in [0.05, 0.1) is 5.56 Å². The molecule has 3 heteroatoms. The zero-order valence-electron chi connectivity index (χ0n) is 10.9. The molecule has 0 aromatic heterocycles.